The fourth-order valence-corrected chi connectivity index (χ4v) is 2.90. The monoisotopic (exact) mass is 333 g/mol. The van der Waals surface area contributed by atoms with Crippen LogP contribution in [-0.4, -0.2) is 9.55 Å². The average Bonchev–Trinajstić information content (AvgIpc) is 2.75. The van der Waals surface area contributed by atoms with Crippen molar-refractivity contribution in [2.45, 2.75) is 13.5 Å². The molecule has 2 N–H and O–H groups in total. The third kappa shape index (κ3) is 2.18. The highest BCUT2D eigenvalue weighted by Gasteiger charge is 2.13. The Balaban J connectivity index is 2.29. The van der Waals surface area contributed by atoms with Crippen LogP contribution in [0.15, 0.2) is 40.9 Å². The van der Waals surface area contributed by atoms with Crippen molar-refractivity contribution >= 4 is 32.7 Å². The molecule has 0 fully saturated rings. The van der Waals surface area contributed by atoms with Crippen LogP contribution in [0.25, 0.3) is 22.4 Å². The number of benzene rings is 2. The first kappa shape index (κ1) is 13.1. The third-order valence-electron chi connectivity index (χ3n) is 3.20. The highest BCUT2D eigenvalue weighted by atomic mass is 79.9. The number of hydrogen-bond donors (Lipinski definition) is 1. The van der Waals surface area contributed by atoms with Gasteiger partial charge in [-0.1, -0.05) is 15.9 Å². The van der Waals surface area contributed by atoms with E-state index >= 15 is 0 Å². The Labute approximate surface area is 124 Å². The lowest BCUT2D eigenvalue weighted by Crippen LogP contribution is -1.98. The molecule has 0 aliphatic heterocycles. The number of imidazole rings is 1. The van der Waals surface area contributed by atoms with Gasteiger partial charge >= 0.3 is 0 Å². The zero-order valence-corrected chi connectivity index (χ0v) is 12.5. The number of aromatic nitrogens is 2. The van der Waals surface area contributed by atoms with Crippen LogP contribution in [0.5, 0.6) is 0 Å². The molecule has 1 heterocycles. The van der Waals surface area contributed by atoms with Gasteiger partial charge in [0.2, 0.25) is 0 Å². The number of nitrogen functional groups attached to an aromatic ring is 1. The summed E-state index contributed by atoms with van der Waals surface area (Å²) in [6.45, 7) is 2.79. The molecule has 5 heteroatoms. The Kier molecular flexibility index (Phi) is 3.22. The Morgan fingerprint density at radius 2 is 2.05 bits per heavy atom. The van der Waals surface area contributed by atoms with Crippen LogP contribution in [0, 0.1) is 5.82 Å². The van der Waals surface area contributed by atoms with Gasteiger partial charge in [-0.15, -0.1) is 0 Å². The van der Waals surface area contributed by atoms with Crippen molar-refractivity contribution in [3.63, 3.8) is 0 Å². The van der Waals surface area contributed by atoms with Crippen LogP contribution in [-0.2, 0) is 6.54 Å². The first-order valence-corrected chi connectivity index (χ1v) is 7.10. The maximum atomic E-state index is 13.3. The van der Waals surface area contributed by atoms with E-state index < -0.39 is 0 Å². The minimum absolute atomic E-state index is 0.279. The minimum atomic E-state index is -0.279. The van der Waals surface area contributed by atoms with E-state index in [2.05, 4.69) is 25.5 Å². The average molecular weight is 334 g/mol. The van der Waals surface area contributed by atoms with Crippen molar-refractivity contribution in [2.75, 3.05) is 5.73 Å². The first-order valence-electron chi connectivity index (χ1n) is 6.30. The second kappa shape index (κ2) is 4.90. The van der Waals surface area contributed by atoms with Gasteiger partial charge in [0.15, 0.2) is 0 Å². The lowest BCUT2D eigenvalue weighted by molar-refractivity contribution is 0.629. The van der Waals surface area contributed by atoms with Gasteiger partial charge in [0.05, 0.1) is 11.0 Å². The number of nitrogens with zero attached hydrogens (tertiary/aromatic N) is 2. The van der Waals surface area contributed by atoms with Gasteiger partial charge in [-0.3, -0.25) is 0 Å². The first-order chi connectivity index (χ1) is 9.58. The topological polar surface area (TPSA) is 43.8 Å². The number of aryl methyl sites for hydroxylation is 1. The third-order valence-corrected chi connectivity index (χ3v) is 3.66. The molecule has 0 radical (unpaired) electrons. The fraction of sp³-hybridized carbons (Fsp3) is 0.133. The summed E-state index contributed by atoms with van der Waals surface area (Å²) < 4.78 is 16.3. The van der Waals surface area contributed by atoms with Gasteiger partial charge in [0.25, 0.3) is 0 Å². The van der Waals surface area contributed by atoms with Crippen molar-refractivity contribution in [1.82, 2.24) is 9.55 Å². The number of anilines is 1. The quantitative estimate of drug-likeness (QED) is 0.714. The number of rotatable bonds is 2. The van der Waals surface area contributed by atoms with Gasteiger partial charge in [0.1, 0.15) is 11.6 Å². The molecule has 0 atom stereocenters. The van der Waals surface area contributed by atoms with Crippen LogP contribution in [0.1, 0.15) is 6.92 Å². The van der Waals surface area contributed by atoms with Gasteiger partial charge in [-0.05, 0) is 37.3 Å². The number of fused-ring (bicyclic) bond motifs is 1. The van der Waals surface area contributed by atoms with Crippen LogP contribution >= 0.6 is 15.9 Å². The summed E-state index contributed by atoms with van der Waals surface area (Å²) in [4.78, 5) is 4.54. The lowest BCUT2D eigenvalue weighted by atomic mass is 10.2. The molecule has 102 valence electrons. The molecule has 3 aromatic rings. The summed E-state index contributed by atoms with van der Waals surface area (Å²) in [6, 6.07) is 10.3. The molecular formula is C15H13BrFN3. The predicted octanol–water partition coefficient (Wildman–Crippen LogP) is 4.21. The zero-order chi connectivity index (χ0) is 14.3. The summed E-state index contributed by atoms with van der Waals surface area (Å²) in [5.74, 6) is 0.514. The second-order valence-corrected chi connectivity index (χ2v) is 5.50. The van der Waals surface area contributed by atoms with Crippen molar-refractivity contribution in [2.24, 2.45) is 0 Å². The van der Waals surface area contributed by atoms with E-state index in [0.717, 1.165) is 27.9 Å². The molecule has 0 saturated carbocycles. The molecule has 0 unspecified atom stereocenters. The van der Waals surface area contributed by atoms with E-state index in [9.17, 15) is 4.39 Å². The predicted molar refractivity (Wildman–Crippen MR) is 82.9 cm³/mol. The molecule has 0 bridgehead atoms. The standard InChI is InChI=1S/C15H13BrFN3/c1-2-20-14-4-3-11(17)8-13(14)19-15(20)9-5-10(16)7-12(18)6-9/h3-8H,2,18H2,1H3. The molecule has 2 aromatic carbocycles. The van der Waals surface area contributed by atoms with Crippen LogP contribution in [0.4, 0.5) is 10.1 Å². The molecule has 0 aliphatic rings. The van der Waals surface area contributed by atoms with Gasteiger partial charge in [-0.2, -0.15) is 0 Å². The summed E-state index contributed by atoms with van der Waals surface area (Å²) in [6.07, 6.45) is 0. The van der Waals surface area contributed by atoms with Crippen molar-refractivity contribution in [3.05, 3.63) is 46.7 Å². The second-order valence-electron chi connectivity index (χ2n) is 4.59. The number of hydrogen-bond acceptors (Lipinski definition) is 2. The van der Waals surface area contributed by atoms with E-state index in [4.69, 9.17) is 5.73 Å². The van der Waals surface area contributed by atoms with Gasteiger partial charge < -0.3 is 10.3 Å². The smallest absolute Gasteiger partial charge is 0.141 e. The number of halogens is 2. The van der Waals surface area contributed by atoms with Crippen LogP contribution < -0.4 is 5.73 Å². The highest BCUT2D eigenvalue weighted by Crippen LogP contribution is 2.29. The van der Waals surface area contributed by atoms with Crippen molar-refractivity contribution in [3.8, 4) is 11.4 Å². The van der Waals surface area contributed by atoms with E-state index in [1.54, 1.807) is 6.07 Å². The van der Waals surface area contributed by atoms with E-state index in [-0.39, 0.29) is 5.82 Å². The SMILES string of the molecule is CCn1c(-c2cc(N)cc(Br)c2)nc2cc(F)ccc21. The van der Waals surface area contributed by atoms with E-state index in [1.165, 1.54) is 12.1 Å². The zero-order valence-electron chi connectivity index (χ0n) is 10.9. The summed E-state index contributed by atoms with van der Waals surface area (Å²) in [7, 11) is 0. The molecule has 3 rings (SSSR count). The molecule has 0 amide bonds. The normalized spacial score (nSPS) is 11.2. The molecule has 0 saturated heterocycles. The van der Waals surface area contributed by atoms with Crippen molar-refractivity contribution < 1.29 is 4.39 Å². The largest absolute Gasteiger partial charge is 0.399 e. The molecule has 0 aliphatic carbocycles. The van der Waals surface area contributed by atoms with Crippen LogP contribution in [0.2, 0.25) is 0 Å². The molecule has 3 nitrogen and oxygen atoms in total. The number of nitrogens with two attached hydrogens (primary N) is 1. The Morgan fingerprint density at radius 1 is 1.25 bits per heavy atom. The molecule has 20 heavy (non-hydrogen) atoms. The Morgan fingerprint density at radius 3 is 2.75 bits per heavy atom. The summed E-state index contributed by atoms with van der Waals surface area (Å²) in [5.41, 5.74) is 9.03. The fourth-order valence-electron chi connectivity index (χ4n) is 2.38. The van der Waals surface area contributed by atoms with E-state index in [1.807, 2.05) is 25.1 Å². The molecular weight excluding hydrogens is 321 g/mol. The van der Waals surface area contributed by atoms with Gasteiger partial charge in [-0.25, -0.2) is 9.37 Å². The van der Waals surface area contributed by atoms with Gasteiger partial charge in [0, 0.05) is 28.3 Å². The Hall–Kier alpha value is -1.88. The Bertz CT molecular complexity index is 775. The highest BCUT2D eigenvalue weighted by molar-refractivity contribution is 9.10. The van der Waals surface area contributed by atoms with Crippen molar-refractivity contribution in [1.29, 1.82) is 0 Å². The molecule has 0 spiro atoms. The maximum Gasteiger partial charge on any atom is 0.141 e. The van der Waals surface area contributed by atoms with E-state index in [0.29, 0.717) is 11.2 Å². The lowest BCUT2D eigenvalue weighted by Gasteiger charge is -2.07. The van der Waals surface area contributed by atoms with Crippen LogP contribution in [0.3, 0.4) is 0 Å². The molecule has 1 aromatic heterocycles. The maximum absolute atomic E-state index is 13.3. The minimum Gasteiger partial charge on any atom is -0.399 e. The summed E-state index contributed by atoms with van der Waals surface area (Å²) >= 11 is 3.44. The summed E-state index contributed by atoms with van der Waals surface area (Å²) in [5, 5.41) is 0.